The molecule has 0 radical (unpaired) electrons. The molecule has 19 heavy (non-hydrogen) atoms. The quantitative estimate of drug-likeness (QED) is 0.774. The molecule has 6 heteroatoms. The maximum absolute atomic E-state index is 12.4. The molecule has 0 spiro atoms. The van der Waals surface area contributed by atoms with Crippen LogP contribution in [0.2, 0.25) is 5.02 Å². The Kier molecular flexibility index (Phi) is 6.62. The van der Waals surface area contributed by atoms with Gasteiger partial charge in [0.15, 0.2) is 0 Å². The molecule has 5 nitrogen and oxygen atoms in total. The second-order valence-corrected chi connectivity index (χ2v) is 4.42. The monoisotopic (exact) mass is 286 g/mol. The molecule has 0 aliphatic rings. The number of halogens is 1. The Balaban J connectivity index is 2.84. The first kappa shape index (κ1) is 15.8. The Labute approximate surface area is 118 Å². The van der Waals surface area contributed by atoms with Crippen LogP contribution in [0, 0.1) is 0 Å². The summed E-state index contributed by atoms with van der Waals surface area (Å²) in [6.07, 6.45) is 0. The van der Waals surface area contributed by atoms with E-state index in [0.29, 0.717) is 42.6 Å². The van der Waals surface area contributed by atoms with Gasteiger partial charge in [0.05, 0.1) is 23.8 Å². The summed E-state index contributed by atoms with van der Waals surface area (Å²) < 4.78 is 10.00. The van der Waals surface area contributed by atoms with Crippen molar-refractivity contribution in [3.63, 3.8) is 0 Å². The molecular formula is C13H19ClN2O3. The van der Waals surface area contributed by atoms with Gasteiger partial charge in [0, 0.05) is 33.0 Å². The van der Waals surface area contributed by atoms with Crippen LogP contribution >= 0.6 is 11.6 Å². The summed E-state index contributed by atoms with van der Waals surface area (Å²) in [4.78, 5) is 14.0. The summed E-state index contributed by atoms with van der Waals surface area (Å²) in [5, 5.41) is 0.352. The van der Waals surface area contributed by atoms with E-state index in [1.165, 1.54) is 0 Å². The molecule has 0 unspecified atom stereocenters. The second kappa shape index (κ2) is 7.99. The van der Waals surface area contributed by atoms with Gasteiger partial charge >= 0.3 is 0 Å². The maximum Gasteiger partial charge on any atom is 0.255 e. The first-order chi connectivity index (χ1) is 9.10. The maximum atomic E-state index is 12.4. The Hall–Kier alpha value is -1.30. The summed E-state index contributed by atoms with van der Waals surface area (Å²) in [5.74, 6) is -0.154. The Morgan fingerprint density at radius 2 is 1.84 bits per heavy atom. The van der Waals surface area contributed by atoms with E-state index in [9.17, 15) is 4.79 Å². The summed E-state index contributed by atoms with van der Waals surface area (Å²) in [6.45, 7) is 1.89. The molecule has 1 aromatic rings. The van der Waals surface area contributed by atoms with Gasteiger partial charge in [-0.25, -0.2) is 0 Å². The van der Waals surface area contributed by atoms with Crippen molar-refractivity contribution in [2.45, 2.75) is 0 Å². The highest BCUT2D eigenvalue weighted by molar-refractivity contribution is 6.34. The molecule has 106 valence electrons. The molecular weight excluding hydrogens is 268 g/mol. The van der Waals surface area contributed by atoms with Crippen molar-refractivity contribution in [3.05, 3.63) is 28.8 Å². The van der Waals surface area contributed by atoms with Gasteiger partial charge in [-0.1, -0.05) is 11.6 Å². The fraction of sp³-hybridized carbons (Fsp3) is 0.462. The van der Waals surface area contributed by atoms with Gasteiger partial charge in [0.25, 0.3) is 5.91 Å². The van der Waals surface area contributed by atoms with E-state index in [1.807, 2.05) is 0 Å². The molecule has 0 aliphatic carbocycles. The fourth-order valence-electron chi connectivity index (χ4n) is 1.59. The van der Waals surface area contributed by atoms with Crippen molar-refractivity contribution in [2.75, 3.05) is 46.3 Å². The van der Waals surface area contributed by atoms with Crippen molar-refractivity contribution in [3.8, 4) is 0 Å². The van der Waals surface area contributed by atoms with E-state index in [0.717, 1.165) is 0 Å². The van der Waals surface area contributed by atoms with E-state index < -0.39 is 0 Å². The second-order valence-electron chi connectivity index (χ2n) is 4.02. The van der Waals surface area contributed by atoms with Crippen LogP contribution in [-0.2, 0) is 9.47 Å². The van der Waals surface area contributed by atoms with Gasteiger partial charge in [-0.05, 0) is 18.2 Å². The average Bonchev–Trinajstić information content (AvgIpc) is 2.38. The standard InChI is InChI=1S/C13H19ClN2O3/c1-18-7-5-16(6-8-19-2)13(17)11-4-3-10(15)9-12(11)14/h3-4,9H,5-8,15H2,1-2H3. The SMILES string of the molecule is COCCN(CCOC)C(=O)c1ccc(N)cc1Cl. The molecule has 0 aliphatic heterocycles. The molecule has 0 atom stereocenters. The van der Waals surface area contributed by atoms with Crippen molar-refractivity contribution in [1.29, 1.82) is 0 Å². The number of anilines is 1. The number of ether oxygens (including phenoxy) is 2. The minimum Gasteiger partial charge on any atom is -0.399 e. The number of hydrogen-bond acceptors (Lipinski definition) is 4. The number of methoxy groups -OCH3 is 2. The zero-order chi connectivity index (χ0) is 14.3. The first-order valence-electron chi connectivity index (χ1n) is 5.92. The topological polar surface area (TPSA) is 64.8 Å². The van der Waals surface area contributed by atoms with Crippen LogP contribution in [0.25, 0.3) is 0 Å². The smallest absolute Gasteiger partial charge is 0.255 e. The van der Waals surface area contributed by atoms with Crippen molar-refractivity contribution >= 4 is 23.2 Å². The number of amides is 1. The number of carbonyl (C=O) groups excluding carboxylic acids is 1. The van der Waals surface area contributed by atoms with Crippen LogP contribution in [0.3, 0.4) is 0 Å². The normalized spacial score (nSPS) is 10.5. The lowest BCUT2D eigenvalue weighted by Crippen LogP contribution is -2.36. The number of nitrogen functional groups attached to an aromatic ring is 1. The van der Waals surface area contributed by atoms with E-state index in [-0.39, 0.29) is 5.91 Å². The van der Waals surface area contributed by atoms with Crippen molar-refractivity contribution < 1.29 is 14.3 Å². The van der Waals surface area contributed by atoms with E-state index >= 15 is 0 Å². The average molecular weight is 287 g/mol. The Bertz CT molecular complexity index is 418. The number of nitrogens with two attached hydrogens (primary N) is 1. The largest absolute Gasteiger partial charge is 0.399 e. The third-order valence-electron chi connectivity index (χ3n) is 2.64. The van der Waals surface area contributed by atoms with Gasteiger partial charge in [-0.15, -0.1) is 0 Å². The highest BCUT2D eigenvalue weighted by atomic mass is 35.5. The molecule has 0 saturated heterocycles. The lowest BCUT2D eigenvalue weighted by Gasteiger charge is -2.22. The highest BCUT2D eigenvalue weighted by Gasteiger charge is 2.18. The van der Waals surface area contributed by atoms with E-state index in [4.69, 9.17) is 26.8 Å². The molecule has 0 heterocycles. The summed E-state index contributed by atoms with van der Waals surface area (Å²) in [5.41, 5.74) is 6.58. The van der Waals surface area contributed by atoms with Crippen LogP contribution in [0.15, 0.2) is 18.2 Å². The first-order valence-corrected chi connectivity index (χ1v) is 6.30. The Morgan fingerprint density at radius 1 is 1.26 bits per heavy atom. The zero-order valence-electron chi connectivity index (χ0n) is 11.2. The minimum atomic E-state index is -0.154. The third kappa shape index (κ3) is 4.70. The van der Waals surface area contributed by atoms with E-state index in [2.05, 4.69) is 0 Å². The fourth-order valence-corrected chi connectivity index (χ4v) is 1.86. The number of nitrogens with zero attached hydrogens (tertiary/aromatic N) is 1. The summed E-state index contributed by atoms with van der Waals surface area (Å²) in [7, 11) is 3.18. The molecule has 1 rings (SSSR count). The molecule has 2 N–H and O–H groups in total. The predicted octanol–water partition coefficient (Wildman–Crippen LogP) is 1.66. The van der Waals surface area contributed by atoms with Gasteiger partial charge in [-0.3, -0.25) is 4.79 Å². The van der Waals surface area contributed by atoms with Crippen LogP contribution in [-0.4, -0.2) is 51.3 Å². The van der Waals surface area contributed by atoms with Crippen LogP contribution in [0.1, 0.15) is 10.4 Å². The number of hydrogen-bond donors (Lipinski definition) is 1. The molecule has 0 aromatic heterocycles. The summed E-state index contributed by atoms with van der Waals surface area (Å²) in [6, 6.07) is 4.86. The van der Waals surface area contributed by atoms with Gasteiger partial charge in [0.2, 0.25) is 0 Å². The minimum absolute atomic E-state index is 0.154. The number of benzene rings is 1. The van der Waals surface area contributed by atoms with Gasteiger partial charge in [-0.2, -0.15) is 0 Å². The molecule has 1 amide bonds. The Morgan fingerprint density at radius 3 is 2.32 bits per heavy atom. The molecule has 0 fully saturated rings. The van der Waals surface area contributed by atoms with E-state index in [1.54, 1.807) is 37.3 Å². The van der Waals surface area contributed by atoms with Gasteiger partial charge in [0.1, 0.15) is 0 Å². The van der Waals surface area contributed by atoms with Crippen LogP contribution < -0.4 is 5.73 Å². The third-order valence-corrected chi connectivity index (χ3v) is 2.95. The van der Waals surface area contributed by atoms with Crippen molar-refractivity contribution in [2.24, 2.45) is 0 Å². The molecule has 1 aromatic carbocycles. The zero-order valence-corrected chi connectivity index (χ0v) is 11.9. The number of rotatable bonds is 7. The lowest BCUT2D eigenvalue weighted by molar-refractivity contribution is 0.0627. The lowest BCUT2D eigenvalue weighted by atomic mass is 10.1. The highest BCUT2D eigenvalue weighted by Crippen LogP contribution is 2.20. The molecule has 0 saturated carbocycles. The molecule has 0 bridgehead atoms. The number of carbonyl (C=O) groups is 1. The summed E-state index contributed by atoms with van der Waals surface area (Å²) >= 11 is 6.05. The van der Waals surface area contributed by atoms with Gasteiger partial charge < -0.3 is 20.1 Å². The van der Waals surface area contributed by atoms with Crippen molar-refractivity contribution in [1.82, 2.24) is 4.90 Å². The van der Waals surface area contributed by atoms with Crippen LogP contribution in [0.4, 0.5) is 5.69 Å². The predicted molar refractivity (Wildman–Crippen MR) is 75.5 cm³/mol. The van der Waals surface area contributed by atoms with Crippen LogP contribution in [0.5, 0.6) is 0 Å².